The summed E-state index contributed by atoms with van der Waals surface area (Å²) in [4.78, 5) is 4.51. The summed E-state index contributed by atoms with van der Waals surface area (Å²) in [7, 11) is 0. The second-order valence-corrected chi connectivity index (χ2v) is 4.91. The molecule has 0 aromatic carbocycles. The largest absolute Gasteiger partial charge is 0.349 e. The first kappa shape index (κ1) is 13.0. The third kappa shape index (κ3) is 2.85. The summed E-state index contributed by atoms with van der Waals surface area (Å²) in [6.07, 6.45) is 1.78. The summed E-state index contributed by atoms with van der Waals surface area (Å²) in [5.74, 6) is 0.620. The minimum atomic E-state index is 0.620. The van der Waals surface area contributed by atoms with Crippen LogP contribution in [0.4, 0.5) is 5.95 Å². The summed E-state index contributed by atoms with van der Waals surface area (Å²) < 4.78 is 0. The van der Waals surface area contributed by atoms with E-state index in [9.17, 15) is 0 Å². The first-order chi connectivity index (χ1) is 8.74. The average Bonchev–Trinajstić information content (AvgIpc) is 2.81. The predicted octanol–water partition coefficient (Wildman–Crippen LogP) is 2.98. The van der Waals surface area contributed by atoms with Crippen molar-refractivity contribution in [3.63, 3.8) is 0 Å². The molecule has 0 aliphatic rings. The molecule has 1 N–H and O–H groups in total. The van der Waals surface area contributed by atoms with Gasteiger partial charge in [-0.2, -0.15) is 16.4 Å². The minimum Gasteiger partial charge on any atom is -0.349 e. The van der Waals surface area contributed by atoms with E-state index in [-0.39, 0.29) is 0 Å². The molecule has 96 valence electrons. The summed E-state index contributed by atoms with van der Waals surface area (Å²) >= 11 is 1.72. The highest BCUT2D eigenvalue weighted by atomic mass is 32.1. The van der Waals surface area contributed by atoms with Crippen LogP contribution in [0.1, 0.15) is 36.4 Å². The Bertz CT molecular complexity index is 521. The first-order valence-electron chi connectivity index (χ1n) is 6.22. The second kappa shape index (κ2) is 5.91. The van der Waals surface area contributed by atoms with Crippen LogP contribution in [0.5, 0.6) is 0 Å². The minimum absolute atomic E-state index is 0.620. The van der Waals surface area contributed by atoms with E-state index < -0.39 is 0 Å². The Morgan fingerprint density at radius 3 is 2.50 bits per heavy atom. The van der Waals surface area contributed by atoms with Crippen molar-refractivity contribution in [3.8, 4) is 0 Å². The van der Waals surface area contributed by atoms with Crippen molar-refractivity contribution < 1.29 is 0 Å². The lowest BCUT2D eigenvalue weighted by molar-refractivity contribution is 0.819. The number of anilines is 1. The molecule has 0 saturated heterocycles. The Morgan fingerprint density at radius 2 is 1.89 bits per heavy atom. The van der Waals surface area contributed by atoms with Crippen molar-refractivity contribution in [1.29, 1.82) is 0 Å². The molecule has 0 unspecified atom stereocenters. The monoisotopic (exact) mass is 262 g/mol. The Morgan fingerprint density at radius 1 is 1.11 bits per heavy atom. The molecule has 2 aromatic rings. The summed E-state index contributed by atoms with van der Waals surface area (Å²) in [6.45, 7) is 7.04. The van der Waals surface area contributed by atoms with Crippen molar-refractivity contribution in [2.24, 2.45) is 0 Å². The molecule has 0 radical (unpaired) electrons. The summed E-state index contributed by atoms with van der Waals surface area (Å²) in [6, 6.07) is 0. The molecule has 4 nitrogen and oxygen atoms in total. The van der Waals surface area contributed by atoms with Crippen LogP contribution in [0, 0.1) is 6.92 Å². The topological polar surface area (TPSA) is 50.7 Å². The normalized spacial score (nSPS) is 10.6. The van der Waals surface area contributed by atoms with Crippen LogP contribution in [0.15, 0.2) is 10.8 Å². The number of thiophene rings is 1. The van der Waals surface area contributed by atoms with Crippen LogP contribution >= 0.6 is 11.3 Å². The Labute approximate surface area is 111 Å². The lowest BCUT2D eigenvalue weighted by Gasteiger charge is -2.07. The summed E-state index contributed by atoms with van der Waals surface area (Å²) in [5.41, 5.74) is 4.63. The molecule has 18 heavy (non-hydrogen) atoms. The van der Waals surface area contributed by atoms with Gasteiger partial charge in [-0.25, -0.2) is 4.98 Å². The van der Waals surface area contributed by atoms with E-state index in [1.54, 1.807) is 11.3 Å². The zero-order chi connectivity index (χ0) is 13.0. The van der Waals surface area contributed by atoms with E-state index in [1.165, 1.54) is 11.1 Å². The molecule has 0 spiro atoms. The fraction of sp³-hybridized carbons (Fsp3) is 0.462. The van der Waals surface area contributed by atoms with Gasteiger partial charge in [0.05, 0.1) is 11.4 Å². The fourth-order valence-corrected chi connectivity index (χ4v) is 2.61. The molecule has 0 bridgehead atoms. The predicted molar refractivity (Wildman–Crippen MR) is 75.0 cm³/mol. The van der Waals surface area contributed by atoms with E-state index >= 15 is 0 Å². The smallest absolute Gasteiger partial charge is 0.243 e. The van der Waals surface area contributed by atoms with E-state index in [2.05, 4.69) is 52.0 Å². The molecular formula is C13H18N4S. The van der Waals surface area contributed by atoms with Gasteiger partial charge in [0.1, 0.15) is 0 Å². The van der Waals surface area contributed by atoms with Gasteiger partial charge < -0.3 is 5.32 Å². The van der Waals surface area contributed by atoms with Gasteiger partial charge in [-0.3, -0.25) is 0 Å². The van der Waals surface area contributed by atoms with Gasteiger partial charge in [0, 0.05) is 6.54 Å². The average molecular weight is 262 g/mol. The molecule has 0 amide bonds. The Kier molecular flexibility index (Phi) is 4.25. The molecule has 0 aliphatic carbocycles. The molecule has 0 fully saturated rings. The van der Waals surface area contributed by atoms with Crippen LogP contribution in [-0.4, -0.2) is 15.2 Å². The zero-order valence-corrected chi connectivity index (χ0v) is 11.8. The van der Waals surface area contributed by atoms with Gasteiger partial charge >= 0.3 is 0 Å². The summed E-state index contributed by atoms with van der Waals surface area (Å²) in [5, 5.41) is 15.9. The first-order valence-corrected chi connectivity index (χ1v) is 7.16. The van der Waals surface area contributed by atoms with Crippen molar-refractivity contribution >= 4 is 17.3 Å². The number of aromatic nitrogens is 3. The highest BCUT2D eigenvalue weighted by Crippen LogP contribution is 2.15. The third-order valence-corrected chi connectivity index (χ3v) is 3.82. The van der Waals surface area contributed by atoms with E-state index in [0.717, 1.165) is 30.8 Å². The Balaban J connectivity index is 2.08. The number of aryl methyl sites for hydroxylation is 3. The maximum absolute atomic E-state index is 4.51. The molecule has 2 aromatic heterocycles. The van der Waals surface area contributed by atoms with Gasteiger partial charge in [-0.15, -0.1) is 5.10 Å². The molecule has 0 atom stereocenters. The standard InChI is InChI=1S/C13H18N4S/c1-4-11-12(5-2)16-17-13(15-11)14-6-10-8-18-7-9(10)3/h7-8H,4-6H2,1-3H3,(H,14,15,17). The molecule has 2 heterocycles. The highest BCUT2D eigenvalue weighted by Gasteiger charge is 2.06. The van der Waals surface area contributed by atoms with Crippen LogP contribution in [0.25, 0.3) is 0 Å². The Hall–Kier alpha value is -1.49. The van der Waals surface area contributed by atoms with Gasteiger partial charge in [0.15, 0.2) is 0 Å². The van der Waals surface area contributed by atoms with E-state index in [0.29, 0.717) is 5.95 Å². The van der Waals surface area contributed by atoms with Crippen molar-refractivity contribution in [2.45, 2.75) is 40.2 Å². The maximum atomic E-state index is 4.51. The van der Waals surface area contributed by atoms with Crippen LogP contribution in [0.3, 0.4) is 0 Å². The molecule has 0 saturated carbocycles. The SMILES string of the molecule is CCc1nnc(NCc2cscc2C)nc1CC. The number of hydrogen-bond acceptors (Lipinski definition) is 5. The van der Waals surface area contributed by atoms with Crippen LogP contribution < -0.4 is 5.32 Å². The number of nitrogens with one attached hydrogen (secondary N) is 1. The maximum Gasteiger partial charge on any atom is 0.243 e. The molecule has 5 heteroatoms. The molecule has 2 rings (SSSR count). The van der Waals surface area contributed by atoms with E-state index in [4.69, 9.17) is 0 Å². The quantitative estimate of drug-likeness (QED) is 0.900. The molecular weight excluding hydrogens is 244 g/mol. The van der Waals surface area contributed by atoms with Gasteiger partial charge in [-0.05, 0) is 41.7 Å². The number of hydrogen-bond donors (Lipinski definition) is 1. The third-order valence-electron chi connectivity index (χ3n) is 2.91. The number of rotatable bonds is 5. The lowest BCUT2D eigenvalue weighted by Crippen LogP contribution is -2.09. The number of nitrogens with zero attached hydrogens (tertiary/aromatic N) is 3. The second-order valence-electron chi connectivity index (χ2n) is 4.17. The van der Waals surface area contributed by atoms with E-state index in [1.807, 2.05) is 0 Å². The van der Waals surface area contributed by atoms with Crippen LogP contribution in [-0.2, 0) is 19.4 Å². The van der Waals surface area contributed by atoms with Crippen LogP contribution in [0.2, 0.25) is 0 Å². The van der Waals surface area contributed by atoms with Gasteiger partial charge in [0.2, 0.25) is 5.95 Å². The van der Waals surface area contributed by atoms with Gasteiger partial charge in [0.25, 0.3) is 0 Å². The lowest BCUT2D eigenvalue weighted by atomic mass is 10.2. The molecule has 0 aliphatic heterocycles. The van der Waals surface area contributed by atoms with Crippen molar-refractivity contribution in [2.75, 3.05) is 5.32 Å². The zero-order valence-electron chi connectivity index (χ0n) is 11.0. The highest BCUT2D eigenvalue weighted by molar-refractivity contribution is 7.08. The van der Waals surface area contributed by atoms with Crippen molar-refractivity contribution in [3.05, 3.63) is 33.3 Å². The van der Waals surface area contributed by atoms with Crippen molar-refractivity contribution in [1.82, 2.24) is 15.2 Å². The van der Waals surface area contributed by atoms with Gasteiger partial charge in [-0.1, -0.05) is 13.8 Å². The fourth-order valence-electron chi connectivity index (χ4n) is 1.76.